The number of aromatic nitrogens is 1. The van der Waals surface area contributed by atoms with Gasteiger partial charge in [-0.15, -0.1) is 0 Å². The third-order valence-electron chi connectivity index (χ3n) is 2.72. The fraction of sp³-hybridized carbons (Fsp3) is 0.667. The van der Waals surface area contributed by atoms with E-state index in [1.54, 1.807) is 12.4 Å². The van der Waals surface area contributed by atoms with Crippen molar-refractivity contribution in [3.8, 4) is 0 Å². The zero-order valence-electron chi connectivity index (χ0n) is 12.4. The van der Waals surface area contributed by atoms with Gasteiger partial charge in [-0.3, -0.25) is 4.98 Å². The molecule has 0 spiro atoms. The molecule has 1 unspecified atom stereocenters. The molecule has 3 nitrogen and oxygen atoms in total. The zero-order chi connectivity index (χ0) is 14.3. The first-order chi connectivity index (χ1) is 8.92. The molecule has 0 radical (unpaired) electrons. The number of hydrogen-bond donors (Lipinski definition) is 1. The summed E-state index contributed by atoms with van der Waals surface area (Å²) in [5.41, 5.74) is 0.997. The first-order valence-corrected chi connectivity index (χ1v) is 7.26. The lowest BCUT2D eigenvalue weighted by Crippen LogP contribution is -2.38. The first kappa shape index (κ1) is 16.4. The molecule has 19 heavy (non-hydrogen) atoms. The zero-order valence-corrected chi connectivity index (χ0v) is 13.1. The maximum atomic E-state index is 6.16. The van der Waals surface area contributed by atoms with Gasteiger partial charge in [-0.25, -0.2) is 0 Å². The molecule has 0 saturated carbocycles. The Bertz CT molecular complexity index is 377. The van der Waals surface area contributed by atoms with Crippen molar-refractivity contribution in [2.75, 3.05) is 13.2 Å². The van der Waals surface area contributed by atoms with Crippen LogP contribution in [0.4, 0.5) is 0 Å². The van der Waals surface area contributed by atoms with Crippen LogP contribution < -0.4 is 5.32 Å². The van der Waals surface area contributed by atoms with E-state index in [-0.39, 0.29) is 11.6 Å². The van der Waals surface area contributed by atoms with Crippen molar-refractivity contribution in [2.24, 2.45) is 0 Å². The number of hydrogen-bond acceptors (Lipinski definition) is 3. The minimum Gasteiger partial charge on any atom is -0.374 e. The number of rotatable bonds is 7. The highest BCUT2D eigenvalue weighted by Crippen LogP contribution is 2.16. The van der Waals surface area contributed by atoms with E-state index in [0.29, 0.717) is 6.61 Å². The van der Waals surface area contributed by atoms with Gasteiger partial charge < -0.3 is 10.1 Å². The van der Waals surface area contributed by atoms with Crippen molar-refractivity contribution in [3.05, 3.63) is 29.0 Å². The molecule has 0 aliphatic heterocycles. The summed E-state index contributed by atoms with van der Waals surface area (Å²) >= 11 is 6.16. The summed E-state index contributed by atoms with van der Waals surface area (Å²) < 4.78 is 5.88. The summed E-state index contributed by atoms with van der Waals surface area (Å²) in [5.74, 6) is 0. The molecule has 1 aromatic heterocycles. The largest absolute Gasteiger partial charge is 0.374 e. The second-order valence-corrected chi connectivity index (χ2v) is 6.15. The molecule has 0 aliphatic carbocycles. The molecule has 1 N–H and O–H groups in total. The van der Waals surface area contributed by atoms with E-state index >= 15 is 0 Å². The van der Waals surface area contributed by atoms with E-state index in [2.05, 4.69) is 38.0 Å². The van der Waals surface area contributed by atoms with Crippen molar-refractivity contribution in [3.63, 3.8) is 0 Å². The fourth-order valence-corrected chi connectivity index (χ4v) is 1.92. The molecule has 108 valence electrons. The van der Waals surface area contributed by atoms with Gasteiger partial charge in [0.25, 0.3) is 0 Å². The highest BCUT2D eigenvalue weighted by Gasteiger charge is 2.16. The maximum absolute atomic E-state index is 6.16. The van der Waals surface area contributed by atoms with Gasteiger partial charge in [-0.05, 0) is 51.8 Å². The Balaban J connectivity index is 2.61. The Kier molecular flexibility index (Phi) is 6.76. The summed E-state index contributed by atoms with van der Waals surface area (Å²) in [6.45, 7) is 10.0. The van der Waals surface area contributed by atoms with Crippen molar-refractivity contribution in [1.82, 2.24) is 10.3 Å². The number of ether oxygens (including phenoxy) is 1. The van der Waals surface area contributed by atoms with Crippen LogP contribution in [0, 0.1) is 0 Å². The van der Waals surface area contributed by atoms with Crippen LogP contribution in [0.25, 0.3) is 0 Å². The molecule has 1 rings (SSSR count). The molecule has 0 bridgehead atoms. The van der Waals surface area contributed by atoms with Crippen LogP contribution in [-0.2, 0) is 11.2 Å². The third kappa shape index (κ3) is 6.90. The Hall–Kier alpha value is -0.640. The van der Waals surface area contributed by atoms with Crippen LogP contribution in [0.1, 0.15) is 39.7 Å². The van der Waals surface area contributed by atoms with Gasteiger partial charge in [-0.1, -0.05) is 18.5 Å². The number of nitrogens with one attached hydrogen (secondary N) is 1. The predicted octanol–water partition coefficient (Wildman–Crippen LogP) is 3.46. The van der Waals surface area contributed by atoms with Gasteiger partial charge in [0.15, 0.2) is 0 Å². The van der Waals surface area contributed by atoms with Crippen molar-refractivity contribution < 1.29 is 4.74 Å². The van der Waals surface area contributed by atoms with Crippen molar-refractivity contribution >= 4 is 11.6 Å². The molecule has 4 heteroatoms. The van der Waals surface area contributed by atoms with Gasteiger partial charge in [0.2, 0.25) is 0 Å². The first-order valence-electron chi connectivity index (χ1n) is 6.88. The van der Waals surface area contributed by atoms with Gasteiger partial charge in [0.1, 0.15) is 0 Å². The second kappa shape index (κ2) is 7.83. The minimum atomic E-state index is -0.117. The van der Waals surface area contributed by atoms with Crippen molar-refractivity contribution in [1.29, 1.82) is 0 Å². The Labute approximate surface area is 121 Å². The molecule has 0 amide bonds. The predicted molar refractivity (Wildman–Crippen MR) is 80.7 cm³/mol. The quantitative estimate of drug-likeness (QED) is 0.833. The van der Waals surface area contributed by atoms with Crippen LogP contribution in [0.15, 0.2) is 18.5 Å². The van der Waals surface area contributed by atoms with Crippen LogP contribution >= 0.6 is 11.6 Å². The molecule has 1 heterocycles. The normalized spacial score (nSPS) is 13.5. The smallest absolute Gasteiger partial charge is 0.0630 e. The molecule has 0 aromatic carbocycles. The molecular formula is C15H25ClN2O. The topological polar surface area (TPSA) is 34.1 Å². The number of nitrogens with zero attached hydrogens (tertiary/aromatic N) is 1. The monoisotopic (exact) mass is 284 g/mol. The van der Waals surface area contributed by atoms with Crippen LogP contribution in [0.5, 0.6) is 0 Å². The van der Waals surface area contributed by atoms with E-state index in [4.69, 9.17) is 16.3 Å². The van der Waals surface area contributed by atoms with E-state index in [1.165, 1.54) is 0 Å². The molecule has 1 atom stereocenters. The van der Waals surface area contributed by atoms with Crippen LogP contribution in [0.2, 0.25) is 5.02 Å². The SMILES string of the molecule is CCCNC(COC(C)(C)C)Cc1ccncc1Cl. The van der Waals surface area contributed by atoms with E-state index in [9.17, 15) is 0 Å². The Morgan fingerprint density at radius 2 is 2.16 bits per heavy atom. The van der Waals surface area contributed by atoms with Crippen LogP contribution in [-0.4, -0.2) is 29.8 Å². The summed E-state index contributed by atoms with van der Waals surface area (Å²) in [7, 11) is 0. The number of pyridine rings is 1. The average Bonchev–Trinajstić information content (AvgIpc) is 2.34. The van der Waals surface area contributed by atoms with Crippen LogP contribution in [0.3, 0.4) is 0 Å². The van der Waals surface area contributed by atoms with Gasteiger partial charge in [0, 0.05) is 18.4 Å². The molecule has 0 fully saturated rings. The summed E-state index contributed by atoms with van der Waals surface area (Å²) in [6.07, 6.45) is 5.44. The number of halogens is 1. The fourth-order valence-electron chi connectivity index (χ4n) is 1.72. The lowest BCUT2D eigenvalue weighted by Gasteiger charge is -2.25. The van der Waals surface area contributed by atoms with Crippen molar-refractivity contribution in [2.45, 2.75) is 52.2 Å². The third-order valence-corrected chi connectivity index (χ3v) is 3.06. The second-order valence-electron chi connectivity index (χ2n) is 5.75. The highest BCUT2D eigenvalue weighted by molar-refractivity contribution is 6.31. The standard InChI is InChI=1S/C15H25ClN2O/c1-5-7-18-13(11-19-15(2,3)4)9-12-6-8-17-10-14(12)16/h6,8,10,13,18H,5,7,9,11H2,1-4H3. The van der Waals surface area contributed by atoms with Gasteiger partial charge in [-0.2, -0.15) is 0 Å². The Morgan fingerprint density at radius 1 is 1.42 bits per heavy atom. The minimum absolute atomic E-state index is 0.117. The molecule has 0 saturated heterocycles. The molecular weight excluding hydrogens is 260 g/mol. The van der Waals surface area contributed by atoms with Gasteiger partial charge in [0.05, 0.1) is 17.2 Å². The summed E-state index contributed by atoms with van der Waals surface area (Å²) in [6, 6.07) is 2.25. The summed E-state index contributed by atoms with van der Waals surface area (Å²) in [5, 5.41) is 4.24. The lowest BCUT2D eigenvalue weighted by atomic mass is 10.1. The molecule has 1 aromatic rings. The Morgan fingerprint density at radius 3 is 2.74 bits per heavy atom. The highest BCUT2D eigenvalue weighted by atomic mass is 35.5. The molecule has 0 aliphatic rings. The van der Waals surface area contributed by atoms with E-state index in [1.807, 2.05) is 6.07 Å². The maximum Gasteiger partial charge on any atom is 0.0630 e. The average molecular weight is 285 g/mol. The van der Waals surface area contributed by atoms with E-state index in [0.717, 1.165) is 30.0 Å². The summed E-state index contributed by atoms with van der Waals surface area (Å²) in [4.78, 5) is 4.02. The lowest BCUT2D eigenvalue weighted by molar-refractivity contribution is -0.0143. The van der Waals surface area contributed by atoms with Gasteiger partial charge >= 0.3 is 0 Å². The van der Waals surface area contributed by atoms with E-state index < -0.39 is 0 Å².